The highest BCUT2D eigenvalue weighted by molar-refractivity contribution is 5.66. The molecule has 0 spiro atoms. The Morgan fingerprint density at radius 1 is 1.36 bits per heavy atom. The van der Waals surface area contributed by atoms with Crippen LogP contribution >= 0.6 is 0 Å². The Bertz CT molecular complexity index is 149. The molecule has 0 aliphatic heterocycles. The summed E-state index contributed by atoms with van der Waals surface area (Å²) in [4.78, 5) is 10.0. The molecule has 2 N–H and O–H groups in total. The zero-order valence-electron chi connectivity index (χ0n) is 6.71. The molecule has 0 saturated carbocycles. The molecule has 0 aromatic heterocycles. The number of carboxylic acids is 1. The Morgan fingerprint density at radius 2 is 2.00 bits per heavy atom. The molecule has 0 rings (SSSR count). The van der Waals surface area contributed by atoms with E-state index in [1.165, 1.54) is 0 Å². The minimum Gasteiger partial charge on any atom is -0.513 e. The molecule has 0 fully saturated rings. The quantitative estimate of drug-likeness (QED) is 0.602. The molecule has 0 heterocycles. The third kappa shape index (κ3) is 6.90. The molecule has 64 valence electrons. The van der Waals surface area contributed by atoms with Crippen LogP contribution in [-0.2, 0) is 4.79 Å². The first-order chi connectivity index (χ1) is 5.16. The number of aliphatic carboxylic acids is 1. The van der Waals surface area contributed by atoms with Gasteiger partial charge in [0.1, 0.15) is 0 Å². The molecule has 0 atom stereocenters. The third-order valence-electron chi connectivity index (χ3n) is 1.26. The van der Waals surface area contributed by atoms with Crippen LogP contribution in [0.4, 0.5) is 0 Å². The summed E-state index contributed by atoms with van der Waals surface area (Å²) in [6.45, 7) is 2.00. The van der Waals surface area contributed by atoms with Crippen molar-refractivity contribution in [3.63, 3.8) is 0 Å². The van der Waals surface area contributed by atoms with Crippen LogP contribution in [0.3, 0.4) is 0 Å². The van der Waals surface area contributed by atoms with Gasteiger partial charge in [-0.15, -0.1) is 0 Å². The first kappa shape index (κ1) is 10.0. The second-order valence-electron chi connectivity index (χ2n) is 2.38. The van der Waals surface area contributed by atoms with Gasteiger partial charge in [-0.2, -0.15) is 0 Å². The number of aliphatic hydroxyl groups excluding tert-OH is 1. The molecule has 0 aliphatic carbocycles. The van der Waals surface area contributed by atoms with Gasteiger partial charge >= 0.3 is 5.97 Å². The molecule has 0 aromatic carbocycles. The van der Waals surface area contributed by atoms with Crippen LogP contribution in [0.15, 0.2) is 11.8 Å². The van der Waals surface area contributed by atoms with Crippen molar-refractivity contribution in [1.82, 2.24) is 0 Å². The Hall–Kier alpha value is -0.990. The van der Waals surface area contributed by atoms with Crippen molar-refractivity contribution < 1.29 is 15.0 Å². The molecule has 0 bridgehead atoms. The molecule has 3 nitrogen and oxygen atoms in total. The number of hydrogen-bond acceptors (Lipinski definition) is 2. The molecule has 0 saturated heterocycles. The van der Waals surface area contributed by atoms with E-state index < -0.39 is 5.97 Å². The first-order valence-electron chi connectivity index (χ1n) is 3.76. The monoisotopic (exact) mass is 158 g/mol. The molecule has 0 aromatic rings. The maximum absolute atomic E-state index is 10.0. The van der Waals surface area contributed by atoms with E-state index in [4.69, 9.17) is 10.2 Å². The van der Waals surface area contributed by atoms with E-state index >= 15 is 0 Å². The van der Waals surface area contributed by atoms with E-state index in [1.54, 1.807) is 6.08 Å². The van der Waals surface area contributed by atoms with Crippen molar-refractivity contribution in [1.29, 1.82) is 0 Å². The lowest BCUT2D eigenvalue weighted by molar-refractivity contribution is -0.137. The number of aliphatic hydroxyl groups is 1. The fourth-order valence-corrected chi connectivity index (χ4v) is 0.648. The van der Waals surface area contributed by atoms with Gasteiger partial charge in [-0.05, 0) is 12.5 Å². The third-order valence-corrected chi connectivity index (χ3v) is 1.26. The molecule has 0 aliphatic rings. The van der Waals surface area contributed by atoms with E-state index in [1.807, 2.05) is 6.92 Å². The van der Waals surface area contributed by atoms with Gasteiger partial charge in [0.15, 0.2) is 0 Å². The maximum Gasteiger partial charge on any atom is 0.303 e. The van der Waals surface area contributed by atoms with Gasteiger partial charge in [0.2, 0.25) is 0 Å². The summed E-state index contributed by atoms with van der Waals surface area (Å²) in [6, 6.07) is 0. The van der Waals surface area contributed by atoms with Crippen molar-refractivity contribution in [3.8, 4) is 0 Å². The van der Waals surface area contributed by atoms with Gasteiger partial charge in [0, 0.05) is 6.42 Å². The van der Waals surface area contributed by atoms with Crippen LogP contribution in [0.2, 0.25) is 0 Å². The predicted molar refractivity (Wildman–Crippen MR) is 42.5 cm³/mol. The topological polar surface area (TPSA) is 57.5 Å². The summed E-state index contributed by atoms with van der Waals surface area (Å²) in [7, 11) is 0. The van der Waals surface area contributed by atoms with Crippen LogP contribution in [0.5, 0.6) is 0 Å². The minimum absolute atomic E-state index is 0.00600. The molecule has 0 unspecified atom stereocenters. The normalized spacial score (nSPS) is 11.5. The number of allylic oxidation sites excluding steroid dienone is 2. The maximum atomic E-state index is 10.0. The second kappa shape index (κ2) is 5.77. The smallest absolute Gasteiger partial charge is 0.303 e. The Balaban J connectivity index is 3.50. The van der Waals surface area contributed by atoms with Crippen molar-refractivity contribution in [2.24, 2.45) is 0 Å². The van der Waals surface area contributed by atoms with Gasteiger partial charge in [0.05, 0.1) is 12.2 Å². The van der Waals surface area contributed by atoms with Gasteiger partial charge in [-0.3, -0.25) is 4.79 Å². The lowest BCUT2D eigenvalue weighted by atomic mass is 10.2. The minimum atomic E-state index is -0.874. The van der Waals surface area contributed by atoms with E-state index in [9.17, 15) is 4.79 Å². The van der Waals surface area contributed by atoms with Crippen LogP contribution in [0.25, 0.3) is 0 Å². The highest BCUT2D eigenvalue weighted by atomic mass is 16.4. The number of unbranched alkanes of at least 4 members (excludes halogenated alkanes) is 1. The molecular formula is C8H14O3. The average molecular weight is 158 g/mol. The standard InChI is InChI=1S/C8H14O3/c1-2-3-4-7(9)5-6-8(10)11/h4,9H,2-3,5-6H2,1H3,(H,10,11). The van der Waals surface area contributed by atoms with E-state index in [0.29, 0.717) is 0 Å². The van der Waals surface area contributed by atoms with Crippen LogP contribution < -0.4 is 0 Å². The summed E-state index contributed by atoms with van der Waals surface area (Å²) < 4.78 is 0. The van der Waals surface area contributed by atoms with Gasteiger partial charge in [-0.1, -0.05) is 13.3 Å². The largest absolute Gasteiger partial charge is 0.513 e. The molecule has 11 heavy (non-hydrogen) atoms. The number of hydrogen-bond donors (Lipinski definition) is 2. The highest BCUT2D eigenvalue weighted by Crippen LogP contribution is 2.03. The zero-order valence-corrected chi connectivity index (χ0v) is 6.71. The van der Waals surface area contributed by atoms with E-state index in [2.05, 4.69) is 0 Å². The highest BCUT2D eigenvalue weighted by Gasteiger charge is 1.98. The number of rotatable bonds is 5. The van der Waals surface area contributed by atoms with Crippen LogP contribution in [0, 0.1) is 0 Å². The molecule has 0 radical (unpaired) electrons. The fraction of sp³-hybridized carbons (Fsp3) is 0.625. The van der Waals surface area contributed by atoms with Crippen LogP contribution in [-0.4, -0.2) is 16.2 Å². The SMILES string of the molecule is CCCC=C(O)CCC(=O)O. The number of carboxylic acid groups (broad SMARTS) is 1. The van der Waals surface area contributed by atoms with Crippen molar-refractivity contribution in [3.05, 3.63) is 11.8 Å². The van der Waals surface area contributed by atoms with Gasteiger partial charge < -0.3 is 10.2 Å². The summed E-state index contributed by atoms with van der Waals surface area (Å²) in [5, 5.41) is 17.3. The Morgan fingerprint density at radius 3 is 2.45 bits per heavy atom. The van der Waals surface area contributed by atoms with E-state index in [0.717, 1.165) is 12.8 Å². The summed E-state index contributed by atoms with van der Waals surface area (Å²) in [6.07, 6.45) is 3.70. The van der Waals surface area contributed by atoms with Gasteiger partial charge in [-0.25, -0.2) is 0 Å². The number of carbonyl (C=O) groups is 1. The van der Waals surface area contributed by atoms with Crippen molar-refractivity contribution >= 4 is 5.97 Å². The molecule has 0 amide bonds. The Kier molecular flexibility index (Phi) is 5.25. The second-order valence-corrected chi connectivity index (χ2v) is 2.38. The van der Waals surface area contributed by atoms with Crippen LogP contribution in [0.1, 0.15) is 32.6 Å². The lowest BCUT2D eigenvalue weighted by Crippen LogP contribution is -1.95. The fourth-order valence-electron chi connectivity index (χ4n) is 0.648. The van der Waals surface area contributed by atoms with E-state index in [-0.39, 0.29) is 18.6 Å². The zero-order chi connectivity index (χ0) is 8.69. The predicted octanol–water partition coefficient (Wildman–Crippen LogP) is 2.09. The molecular weight excluding hydrogens is 144 g/mol. The lowest BCUT2D eigenvalue weighted by Gasteiger charge is -1.95. The molecule has 3 heteroatoms. The Labute approximate surface area is 66.4 Å². The summed E-state index contributed by atoms with van der Waals surface area (Å²) in [5.41, 5.74) is 0. The first-order valence-corrected chi connectivity index (χ1v) is 3.76. The van der Waals surface area contributed by atoms with Gasteiger partial charge in [0.25, 0.3) is 0 Å². The van der Waals surface area contributed by atoms with Crippen molar-refractivity contribution in [2.75, 3.05) is 0 Å². The average Bonchev–Trinajstić information content (AvgIpc) is 1.97. The summed E-state index contributed by atoms with van der Waals surface area (Å²) in [5.74, 6) is -0.685. The van der Waals surface area contributed by atoms with Crippen molar-refractivity contribution in [2.45, 2.75) is 32.6 Å². The summed E-state index contributed by atoms with van der Waals surface area (Å²) >= 11 is 0.